The highest BCUT2D eigenvalue weighted by atomic mass is 16.5. The lowest BCUT2D eigenvalue weighted by Gasteiger charge is -2.16. The highest BCUT2D eigenvalue weighted by Gasteiger charge is 2.40. The van der Waals surface area contributed by atoms with Crippen LogP contribution in [0.3, 0.4) is 0 Å². The van der Waals surface area contributed by atoms with E-state index in [-0.39, 0.29) is 25.0 Å². The summed E-state index contributed by atoms with van der Waals surface area (Å²) in [5.74, 6) is -1.94. The predicted octanol–water partition coefficient (Wildman–Crippen LogP) is 2.70. The maximum absolute atomic E-state index is 12.7. The third kappa shape index (κ3) is 5.04. The van der Waals surface area contributed by atoms with Crippen molar-refractivity contribution in [2.45, 2.75) is 12.3 Å². The Balaban J connectivity index is 1.13. The lowest BCUT2D eigenvalue weighted by Crippen LogP contribution is -2.33. The molecule has 35 heavy (non-hydrogen) atoms. The van der Waals surface area contributed by atoms with E-state index < -0.39 is 11.9 Å². The topological polar surface area (TPSA) is 110 Å². The number of hydrogen-bond donors (Lipinski definition) is 1. The van der Waals surface area contributed by atoms with E-state index in [1.54, 1.807) is 15.8 Å². The first-order valence-electron chi connectivity index (χ1n) is 11.5. The molecular weight excluding hydrogens is 446 g/mol. The summed E-state index contributed by atoms with van der Waals surface area (Å²) >= 11 is 0. The molecule has 0 bridgehead atoms. The first-order chi connectivity index (χ1) is 17.1. The van der Waals surface area contributed by atoms with E-state index in [4.69, 9.17) is 4.74 Å². The molecule has 4 aromatic rings. The van der Waals surface area contributed by atoms with Gasteiger partial charge in [-0.05, 0) is 29.8 Å². The lowest BCUT2D eigenvalue weighted by atomic mass is 9.89. The van der Waals surface area contributed by atoms with E-state index in [0.717, 1.165) is 27.8 Å². The summed E-state index contributed by atoms with van der Waals surface area (Å²) in [6.07, 6.45) is 4.11. The van der Waals surface area contributed by atoms with Gasteiger partial charge >= 0.3 is 5.97 Å². The summed E-state index contributed by atoms with van der Waals surface area (Å²) in [7, 11) is 0. The Labute approximate surface area is 202 Å². The lowest BCUT2D eigenvalue weighted by molar-refractivity contribution is -0.142. The molecule has 5 rings (SSSR count). The number of carbonyl (C=O) groups is 2. The number of fused-ring (bicyclic) bond motifs is 1. The third-order valence-corrected chi connectivity index (χ3v) is 6.34. The molecule has 9 nitrogen and oxygen atoms in total. The van der Waals surface area contributed by atoms with Crippen LogP contribution in [0.25, 0.3) is 16.6 Å². The molecule has 1 N–H and O–H groups in total. The van der Waals surface area contributed by atoms with E-state index in [1.165, 1.54) is 0 Å². The van der Waals surface area contributed by atoms with Gasteiger partial charge in [0.2, 0.25) is 5.91 Å². The van der Waals surface area contributed by atoms with Crippen molar-refractivity contribution in [3.05, 3.63) is 84.3 Å². The number of pyridine rings is 1. The first-order valence-corrected chi connectivity index (χ1v) is 11.5. The second kappa shape index (κ2) is 10.0. The van der Waals surface area contributed by atoms with Crippen molar-refractivity contribution < 1.29 is 19.4 Å². The van der Waals surface area contributed by atoms with Gasteiger partial charge in [-0.3, -0.25) is 14.6 Å². The third-order valence-electron chi connectivity index (χ3n) is 6.34. The molecule has 1 amide bonds. The van der Waals surface area contributed by atoms with E-state index >= 15 is 0 Å². The van der Waals surface area contributed by atoms with Crippen LogP contribution in [0.2, 0.25) is 0 Å². The zero-order valence-corrected chi connectivity index (χ0v) is 19.0. The number of ether oxygens (including phenoxy) is 1. The molecular formula is C26H25N5O4. The molecule has 3 heterocycles. The quantitative estimate of drug-likeness (QED) is 0.394. The molecule has 0 aliphatic carbocycles. The molecule has 2 aromatic heterocycles. The van der Waals surface area contributed by atoms with Gasteiger partial charge in [0.25, 0.3) is 0 Å². The minimum Gasteiger partial charge on any atom is -0.481 e. The van der Waals surface area contributed by atoms with Crippen molar-refractivity contribution in [2.24, 2.45) is 5.92 Å². The summed E-state index contributed by atoms with van der Waals surface area (Å²) in [4.78, 5) is 30.3. The number of benzene rings is 2. The van der Waals surface area contributed by atoms with Crippen LogP contribution in [0.5, 0.6) is 0 Å². The number of aromatic nitrogens is 4. The van der Waals surface area contributed by atoms with E-state index in [9.17, 15) is 14.7 Å². The number of carbonyl (C=O) groups excluding carboxylic acids is 1. The molecule has 1 aliphatic heterocycles. The minimum absolute atomic E-state index is 0.0976. The second-order valence-electron chi connectivity index (χ2n) is 8.60. The summed E-state index contributed by atoms with van der Waals surface area (Å²) in [6, 6.07) is 19.2. The Morgan fingerprint density at radius 3 is 2.74 bits per heavy atom. The highest BCUT2D eigenvalue weighted by molar-refractivity contribution is 5.81. The van der Waals surface area contributed by atoms with Crippen molar-refractivity contribution in [3.8, 4) is 5.69 Å². The van der Waals surface area contributed by atoms with Gasteiger partial charge in [0.15, 0.2) is 0 Å². The smallest absolute Gasteiger partial charge is 0.308 e. The largest absolute Gasteiger partial charge is 0.481 e. The highest BCUT2D eigenvalue weighted by Crippen LogP contribution is 2.32. The molecule has 0 spiro atoms. The van der Waals surface area contributed by atoms with E-state index in [1.807, 2.05) is 66.9 Å². The van der Waals surface area contributed by atoms with Crippen molar-refractivity contribution in [1.82, 2.24) is 24.9 Å². The van der Waals surface area contributed by atoms with Gasteiger partial charge in [-0.2, -0.15) is 0 Å². The fourth-order valence-corrected chi connectivity index (χ4v) is 4.47. The number of nitrogens with zero attached hydrogens (tertiary/aromatic N) is 5. The average Bonchev–Trinajstić information content (AvgIpc) is 3.55. The molecule has 1 aliphatic rings. The Kier molecular flexibility index (Phi) is 6.49. The van der Waals surface area contributed by atoms with Gasteiger partial charge in [0.05, 0.1) is 35.6 Å². The minimum atomic E-state index is -0.888. The number of aliphatic carboxylic acids is 1. The van der Waals surface area contributed by atoms with Gasteiger partial charge in [0, 0.05) is 37.0 Å². The number of rotatable bonds is 8. The molecule has 9 heteroatoms. The Hall–Kier alpha value is -4.11. The van der Waals surface area contributed by atoms with Crippen LogP contribution in [-0.4, -0.2) is 68.2 Å². The SMILES string of the molecule is O=C(O)[C@@H]1CN(C(=O)COCCc2cn(-c3ccc4ncccc4c3)nn2)C[C@@H]1c1ccccc1. The van der Waals surface area contributed by atoms with Crippen LogP contribution in [0.15, 0.2) is 73.1 Å². The van der Waals surface area contributed by atoms with Gasteiger partial charge in [-0.25, -0.2) is 4.68 Å². The molecule has 2 atom stereocenters. The van der Waals surface area contributed by atoms with E-state index in [2.05, 4.69) is 15.3 Å². The van der Waals surface area contributed by atoms with Crippen LogP contribution in [0.1, 0.15) is 17.2 Å². The molecule has 0 radical (unpaired) electrons. The average molecular weight is 472 g/mol. The zero-order chi connectivity index (χ0) is 24.2. The zero-order valence-electron chi connectivity index (χ0n) is 19.0. The molecule has 1 fully saturated rings. The number of likely N-dealkylation sites (tertiary alicyclic amines) is 1. The Bertz CT molecular complexity index is 1340. The number of hydrogen-bond acceptors (Lipinski definition) is 6. The fraction of sp³-hybridized carbons (Fsp3) is 0.269. The number of carboxylic acid groups (broad SMARTS) is 1. The number of carboxylic acids is 1. The van der Waals surface area contributed by atoms with Crippen molar-refractivity contribution in [3.63, 3.8) is 0 Å². The van der Waals surface area contributed by atoms with Crippen LogP contribution in [-0.2, 0) is 20.7 Å². The summed E-state index contributed by atoms with van der Waals surface area (Å²) in [5.41, 5.74) is 3.48. The molecule has 2 aromatic carbocycles. The van der Waals surface area contributed by atoms with Crippen LogP contribution >= 0.6 is 0 Å². The second-order valence-corrected chi connectivity index (χ2v) is 8.60. The first kappa shape index (κ1) is 22.7. The van der Waals surface area contributed by atoms with Crippen LogP contribution in [0.4, 0.5) is 0 Å². The van der Waals surface area contributed by atoms with Crippen molar-refractivity contribution in [2.75, 3.05) is 26.3 Å². The van der Waals surface area contributed by atoms with Gasteiger partial charge in [-0.15, -0.1) is 5.10 Å². The Morgan fingerprint density at radius 2 is 1.91 bits per heavy atom. The molecule has 0 unspecified atom stereocenters. The molecule has 1 saturated heterocycles. The molecule has 0 saturated carbocycles. The summed E-state index contributed by atoms with van der Waals surface area (Å²) in [5, 5.41) is 19.0. The normalized spacial score (nSPS) is 17.7. The standard InChI is InChI=1S/C26H25N5O4/c32-25(30-15-22(23(16-30)26(33)34)18-5-2-1-3-6-18)17-35-12-10-20-14-31(29-28-20)21-8-9-24-19(13-21)7-4-11-27-24/h1-9,11,13-14,22-23H,10,12,15-17H2,(H,33,34)/t22-,23-/m1/s1. The predicted molar refractivity (Wildman–Crippen MR) is 128 cm³/mol. The monoisotopic (exact) mass is 471 g/mol. The van der Waals surface area contributed by atoms with Crippen LogP contribution in [0, 0.1) is 5.92 Å². The maximum atomic E-state index is 12.7. The molecule has 178 valence electrons. The number of amides is 1. The maximum Gasteiger partial charge on any atom is 0.308 e. The van der Waals surface area contributed by atoms with Crippen molar-refractivity contribution in [1.29, 1.82) is 0 Å². The Morgan fingerprint density at radius 1 is 1.06 bits per heavy atom. The van der Waals surface area contributed by atoms with Gasteiger partial charge in [0.1, 0.15) is 6.61 Å². The summed E-state index contributed by atoms with van der Waals surface area (Å²) < 4.78 is 7.30. The van der Waals surface area contributed by atoms with E-state index in [0.29, 0.717) is 19.6 Å². The fourth-order valence-electron chi connectivity index (χ4n) is 4.47. The summed E-state index contributed by atoms with van der Waals surface area (Å²) in [6.45, 7) is 0.773. The van der Waals surface area contributed by atoms with Crippen molar-refractivity contribution >= 4 is 22.8 Å². The van der Waals surface area contributed by atoms with Crippen LogP contribution < -0.4 is 0 Å². The van der Waals surface area contributed by atoms with Gasteiger partial charge < -0.3 is 14.7 Å². The van der Waals surface area contributed by atoms with Gasteiger partial charge in [-0.1, -0.05) is 41.6 Å².